The Hall–Kier alpha value is -1.24. The molecule has 6 heteroatoms. The summed E-state index contributed by atoms with van der Waals surface area (Å²) in [6.07, 6.45) is 6.82. The fraction of sp³-hybridized carbons (Fsp3) is 0.750. The van der Waals surface area contributed by atoms with Crippen molar-refractivity contribution in [2.75, 3.05) is 51.9 Å². The van der Waals surface area contributed by atoms with Crippen molar-refractivity contribution in [2.45, 2.75) is 25.3 Å². The Bertz CT molecular complexity index is 465. The maximum absolute atomic E-state index is 5.82. The Balaban J connectivity index is 1.61. The predicted octanol–water partition coefficient (Wildman–Crippen LogP) is 1.19. The van der Waals surface area contributed by atoms with E-state index in [4.69, 9.17) is 9.47 Å². The second-order valence-electron chi connectivity index (χ2n) is 6.13. The summed E-state index contributed by atoms with van der Waals surface area (Å²) in [7, 11) is 1.87. The van der Waals surface area contributed by atoms with Gasteiger partial charge in [0.05, 0.1) is 25.1 Å². The number of anilines is 1. The van der Waals surface area contributed by atoms with Crippen LogP contribution in [0.1, 0.15) is 18.5 Å². The molecule has 1 N–H and O–H groups in total. The molecule has 0 radical (unpaired) electrons. The van der Waals surface area contributed by atoms with Gasteiger partial charge >= 0.3 is 0 Å². The van der Waals surface area contributed by atoms with Crippen molar-refractivity contribution in [3.8, 4) is 0 Å². The number of rotatable bonds is 4. The van der Waals surface area contributed by atoms with Crippen LogP contribution in [0.15, 0.2) is 12.4 Å². The van der Waals surface area contributed by atoms with Crippen molar-refractivity contribution >= 4 is 5.82 Å². The molecule has 2 aliphatic heterocycles. The highest BCUT2D eigenvalue weighted by molar-refractivity contribution is 5.30. The zero-order valence-electron chi connectivity index (χ0n) is 13.3. The lowest BCUT2D eigenvalue weighted by molar-refractivity contribution is 0.0308. The van der Waals surface area contributed by atoms with E-state index in [-0.39, 0.29) is 0 Å². The summed E-state index contributed by atoms with van der Waals surface area (Å²) in [5, 5.41) is 3.05. The molecule has 3 heterocycles. The maximum atomic E-state index is 5.82. The van der Waals surface area contributed by atoms with Crippen molar-refractivity contribution < 1.29 is 9.47 Å². The lowest BCUT2D eigenvalue weighted by Gasteiger charge is -2.34. The van der Waals surface area contributed by atoms with E-state index in [1.807, 2.05) is 13.2 Å². The van der Waals surface area contributed by atoms with Crippen LogP contribution >= 0.6 is 0 Å². The van der Waals surface area contributed by atoms with Crippen LogP contribution in [0.4, 0.5) is 5.82 Å². The first kappa shape index (κ1) is 15.6. The van der Waals surface area contributed by atoms with Gasteiger partial charge < -0.3 is 14.8 Å². The SMILES string of the molecule is CNc1cncc(CC2COCCN(C3CCOCC3)C2)n1. The molecule has 2 saturated heterocycles. The first-order chi connectivity index (χ1) is 10.8. The molecule has 2 fully saturated rings. The molecule has 122 valence electrons. The van der Waals surface area contributed by atoms with Gasteiger partial charge in [0, 0.05) is 51.5 Å². The number of nitrogens with zero attached hydrogens (tertiary/aromatic N) is 3. The van der Waals surface area contributed by atoms with Crippen molar-refractivity contribution in [1.29, 1.82) is 0 Å². The number of ether oxygens (including phenoxy) is 2. The Labute approximate surface area is 132 Å². The molecule has 0 aliphatic carbocycles. The lowest BCUT2D eigenvalue weighted by Crippen LogP contribution is -2.42. The summed E-state index contributed by atoms with van der Waals surface area (Å²) in [6.45, 7) is 5.53. The zero-order valence-corrected chi connectivity index (χ0v) is 13.3. The van der Waals surface area contributed by atoms with E-state index in [1.54, 1.807) is 6.20 Å². The van der Waals surface area contributed by atoms with Crippen LogP contribution in [-0.2, 0) is 15.9 Å². The van der Waals surface area contributed by atoms with Crippen LogP contribution in [0.2, 0.25) is 0 Å². The quantitative estimate of drug-likeness (QED) is 0.902. The second kappa shape index (κ2) is 7.85. The molecule has 0 amide bonds. The highest BCUT2D eigenvalue weighted by atomic mass is 16.5. The van der Waals surface area contributed by atoms with Crippen molar-refractivity contribution in [3.05, 3.63) is 18.1 Å². The normalized spacial score (nSPS) is 24.9. The van der Waals surface area contributed by atoms with Gasteiger partial charge in [0.15, 0.2) is 0 Å². The largest absolute Gasteiger partial charge is 0.381 e. The third kappa shape index (κ3) is 4.15. The summed E-state index contributed by atoms with van der Waals surface area (Å²) >= 11 is 0. The average molecular weight is 306 g/mol. The van der Waals surface area contributed by atoms with E-state index in [1.165, 1.54) is 0 Å². The van der Waals surface area contributed by atoms with Crippen molar-refractivity contribution in [2.24, 2.45) is 5.92 Å². The van der Waals surface area contributed by atoms with Gasteiger partial charge in [-0.1, -0.05) is 0 Å². The van der Waals surface area contributed by atoms with Gasteiger partial charge in [0.25, 0.3) is 0 Å². The molecule has 0 saturated carbocycles. The minimum atomic E-state index is 0.478. The van der Waals surface area contributed by atoms with Crippen LogP contribution in [0.25, 0.3) is 0 Å². The summed E-state index contributed by atoms with van der Waals surface area (Å²) < 4.78 is 11.3. The number of hydrogen-bond donors (Lipinski definition) is 1. The van der Waals surface area contributed by atoms with E-state index < -0.39 is 0 Å². The lowest BCUT2D eigenvalue weighted by atomic mass is 10.0. The summed E-state index contributed by atoms with van der Waals surface area (Å²) in [5.41, 5.74) is 1.04. The fourth-order valence-corrected chi connectivity index (χ4v) is 3.33. The van der Waals surface area contributed by atoms with Gasteiger partial charge in [-0.25, -0.2) is 4.98 Å². The minimum Gasteiger partial charge on any atom is -0.381 e. The summed E-state index contributed by atoms with van der Waals surface area (Å²) in [4.78, 5) is 11.4. The van der Waals surface area contributed by atoms with E-state index in [0.29, 0.717) is 12.0 Å². The van der Waals surface area contributed by atoms with Crippen LogP contribution in [-0.4, -0.2) is 67.5 Å². The van der Waals surface area contributed by atoms with E-state index >= 15 is 0 Å². The molecule has 3 rings (SSSR count). The van der Waals surface area contributed by atoms with Crippen molar-refractivity contribution in [1.82, 2.24) is 14.9 Å². The average Bonchev–Trinajstić information content (AvgIpc) is 2.81. The second-order valence-corrected chi connectivity index (χ2v) is 6.13. The monoisotopic (exact) mass is 306 g/mol. The molecule has 0 spiro atoms. The predicted molar refractivity (Wildman–Crippen MR) is 85.0 cm³/mol. The van der Waals surface area contributed by atoms with E-state index in [9.17, 15) is 0 Å². The highest BCUT2D eigenvalue weighted by Gasteiger charge is 2.26. The van der Waals surface area contributed by atoms with Gasteiger partial charge in [0.2, 0.25) is 0 Å². The first-order valence-corrected chi connectivity index (χ1v) is 8.23. The molecule has 2 aliphatic rings. The van der Waals surface area contributed by atoms with Crippen LogP contribution < -0.4 is 5.32 Å². The molecule has 1 unspecified atom stereocenters. The minimum absolute atomic E-state index is 0.478. The smallest absolute Gasteiger partial charge is 0.144 e. The maximum Gasteiger partial charge on any atom is 0.144 e. The summed E-state index contributed by atoms with van der Waals surface area (Å²) in [5.74, 6) is 1.31. The standard InChI is InChI=1S/C16H26N4O2/c1-17-16-10-18-9-14(19-16)8-13-11-20(4-7-22-12-13)15-2-5-21-6-3-15/h9-10,13,15H,2-8,11-12H2,1H3,(H,17,19). The fourth-order valence-electron chi connectivity index (χ4n) is 3.33. The van der Waals surface area contributed by atoms with E-state index in [2.05, 4.69) is 20.2 Å². The van der Waals surface area contributed by atoms with Gasteiger partial charge in [-0.2, -0.15) is 0 Å². The molecule has 6 nitrogen and oxygen atoms in total. The van der Waals surface area contributed by atoms with E-state index in [0.717, 1.165) is 70.3 Å². The molecule has 1 aromatic heterocycles. The van der Waals surface area contributed by atoms with Gasteiger partial charge in [-0.3, -0.25) is 9.88 Å². The molecule has 1 atom stereocenters. The Morgan fingerprint density at radius 1 is 1.23 bits per heavy atom. The third-order valence-electron chi connectivity index (χ3n) is 4.51. The van der Waals surface area contributed by atoms with Gasteiger partial charge in [-0.05, 0) is 19.3 Å². The number of nitrogens with one attached hydrogen (secondary N) is 1. The zero-order chi connectivity index (χ0) is 15.2. The molecular formula is C16H26N4O2. The first-order valence-electron chi connectivity index (χ1n) is 8.23. The van der Waals surface area contributed by atoms with Crippen molar-refractivity contribution in [3.63, 3.8) is 0 Å². The van der Waals surface area contributed by atoms with Gasteiger partial charge in [0.1, 0.15) is 5.82 Å². The number of aromatic nitrogens is 2. The topological polar surface area (TPSA) is 59.5 Å². The molecule has 1 aromatic rings. The van der Waals surface area contributed by atoms with Crippen LogP contribution in [0, 0.1) is 5.92 Å². The number of hydrogen-bond acceptors (Lipinski definition) is 6. The molecular weight excluding hydrogens is 280 g/mol. The highest BCUT2D eigenvalue weighted by Crippen LogP contribution is 2.20. The Morgan fingerprint density at radius 2 is 2.09 bits per heavy atom. The molecule has 22 heavy (non-hydrogen) atoms. The Kier molecular flexibility index (Phi) is 5.58. The third-order valence-corrected chi connectivity index (χ3v) is 4.51. The molecule has 0 aromatic carbocycles. The van der Waals surface area contributed by atoms with Gasteiger partial charge in [-0.15, -0.1) is 0 Å². The Morgan fingerprint density at radius 3 is 2.91 bits per heavy atom. The summed E-state index contributed by atoms with van der Waals surface area (Å²) in [6, 6.07) is 0.646. The van der Waals surface area contributed by atoms with Crippen LogP contribution in [0.5, 0.6) is 0 Å². The molecule has 0 bridgehead atoms. The van der Waals surface area contributed by atoms with Crippen LogP contribution in [0.3, 0.4) is 0 Å².